The molecule has 9 nitrogen and oxygen atoms in total. The van der Waals surface area contributed by atoms with Crippen LogP contribution in [0.15, 0.2) is 48.7 Å². The number of anilines is 1. The second-order valence-corrected chi connectivity index (χ2v) is 10.2. The number of carbonyl (C=O) groups excluding carboxylic acids is 1. The molecule has 11 heteroatoms. The highest BCUT2D eigenvalue weighted by atomic mass is 35.5. The number of fused-ring (bicyclic) bond motifs is 1. The van der Waals surface area contributed by atoms with Gasteiger partial charge in [0, 0.05) is 49.0 Å². The van der Waals surface area contributed by atoms with Crippen molar-refractivity contribution in [1.29, 1.82) is 0 Å². The molecular weight excluding hydrogens is 490 g/mol. The molecule has 1 aliphatic heterocycles. The molecule has 0 spiro atoms. The highest BCUT2D eigenvalue weighted by Crippen LogP contribution is 2.25. The number of nitrogens with one attached hydrogen (secondary N) is 1. The van der Waals surface area contributed by atoms with Gasteiger partial charge in [-0.25, -0.2) is 13.6 Å². The van der Waals surface area contributed by atoms with E-state index in [0.717, 1.165) is 34.1 Å². The first kappa shape index (κ1) is 26.8. The van der Waals surface area contributed by atoms with Crippen molar-refractivity contribution in [2.75, 3.05) is 50.0 Å². The zero-order valence-corrected chi connectivity index (χ0v) is 21.1. The van der Waals surface area contributed by atoms with Gasteiger partial charge in [-0.1, -0.05) is 18.2 Å². The largest absolute Gasteiger partial charge is 0.484 e. The van der Waals surface area contributed by atoms with Crippen molar-refractivity contribution in [3.63, 3.8) is 0 Å². The lowest BCUT2D eigenvalue weighted by molar-refractivity contribution is -0.133. The highest BCUT2D eigenvalue weighted by molar-refractivity contribution is 7.89. The van der Waals surface area contributed by atoms with E-state index in [4.69, 9.17) is 15.6 Å². The summed E-state index contributed by atoms with van der Waals surface area (Å²) in [5, 5.41) is 6.23. The summed E-state index contributed by atoms with van der Waals surface area (Å²) in [7, 11) is -3.53. The standard InChI is InChI=1S/C24H31N5O4S.ClH/c25-9-7-19-16-27-22-6-5-20(15-21(19)22)33-17-24(30)29-12-10-28(11-13-29)23-4-2-1-3-18(23)8-14-34(26,31)32;/h1-6,15-16,27H,7-14,17,25H2,(H2,26,31,32);1H. The van der Waals surface area contributed by atoms with Crippen molar-refractivity contribution in [2.45, 2.75) is 12.8 Å². The van der Waals surface area contributed by atoms with Crippen LogP contribution in [0.2, 0.25) is 0 Å². The Bertz CT molecular complexity index is 1260. The number of hydrogen-bond donors (Lipinski definition) is 3. The maximum atomic E-state index is 12.8. The summed E-state index contributed by atoms with van der Waals surface area (Å²) in [6, 6.07) is 13.5. The molecule has 1 aromatic heterocycles. The lowest BCUT2D eigenvalue weighted by Gasteiger charge is -2.37. The fraction of sp³-hybridized carbons (Fsp3) is 0.375. The van der Waals surface area contributed by atoms with E-state index in [0.29, 0.717) is 44.9 Å². The van der Waals surface area contributed by atoms with E-state index >= 15 is 0 Å². The van der Waals surface area contributed by atoms with Gasteiger partial charge in [0.2, 0.25) is 10.0 Å². The molecule has 1 saturated heterocycles. The minimum absolute atomic E-state index is 0. The molecule has 2 aromatic carbocycles. The summed E-state index contributed by atoms with van der Waals surface area (Å²) < 4.78 is 28.6. The number of rotatable bonds is 9. The molecule has 4 rings (SSSR count). The number of primary sulfonamides is 1. The number of ether oxygens (including phenoxy) is 1. The smallest absolute Gasteiger partial charge is 0.260 e. The Balaban J connectivity index is 0.00000342. The average molecular weight is 522 g/mol. The zero-order valence-electron chi connectivity index (χ0n) is 19.5. The normalized spacial score (nSPS) is 14.1. The molecule has 0 aliphatic carbocycles. The molecule has 2 heterocycles. The van der Waals surface area contributed by atoms with Crippen LogP contribution < -0.4 is 20.5 Å². The molecule has 0 saturated carbocycles. The fourth-order valence-corrected chi connectivity index (χ4v) is 4.83. The first-order valence-electron chi connectivity index (χ1n) is 11.4. The first-order chi connectivity index (χ1) is 16.3. The predicted molar refractivity (Wildman–Crippen MR) is 141 cm³/mol. The number of H-pyrrole nitrogens is 1. The third kappa shape index (κ3) is 6.88. The number of carbonyl (C=O) groups is 1. The van der Waals surface area contributed by atoms with Gasteiger partial charge in [-0.3, -0.25) is 4.79 Å². The monoisotopic (exact) mass is 521 g/mol. The predicted octanol–water partition coefficient (Wildman–Crippen LogP) is 1.65. The van der Waals surface area contributed by atoms with E-state index in [-0.39, 0.29) is 30.7 Å². The quantitative estimate of drug-likeness (QED) is 0.392. The van der Waals surface area contributed by atoms with Gasteiger partial charge in [-0.2, -0.15) is 0 Å². The van der Waals surface area contributed by atoms with Crippen LogP contribution in [-0.2, 0) is 27.7 Å². The lowest BCUT2D eigenvalue weighted by atomic mass is 10.1. The molecule has 0 bridgehead atoms. The number of nitrogens with zero attached hydrogens (tertiary/aromatic N) is 2. The van der Waals surface area contributed by atoms with E-state index in [9.17, 15) is 13.2 Å². The molecule has 3 aromatic rings. The first-order valence-corrected chi connectivity index (χ1v) is 13.1. The molecule has 1 aliphatic rings. The number of sulfonamides is 1. The minimum atomic E-state index is -3.53. The second kappa shape index (κ2) is 11.8. The Labute approximate surface area is 211 Å². The van der Waals surface area contributed by atoms with Gasteiger partial charge in [0.1, 0.15) is 5.75 Å². The summed E-state index contributed by atoms with van der Waals surface area (Å²) in [5.74, 6) is 0.502. The summed E-state index contributed by atoms with van der Waals surface area (Å²) in [5.41, 5.74) is 9.77. The van der Waals surface area contributed by atoms with Crippen molar-refractivity contribution in [2.24, 2.45) is 10.9 Å². The topological polar surface area (TPSA) is 135 Å². The van der Waals surface area contributed by atoms with Crippen LogP contribution in [0, 0.1) is 0 Å². The number of benzene rings is 2. The Hall–Kier alpha value is -2.79. The molecule has 1 amide bonds. The van der Waals surface area contributed by atoms with Crippen LogP contribution in [0.25, 0.3) is 10.9 Å². The molecule has 190 valence electrons. The molecule has 1 fully saturated rings. The van der Waals surface area contributed by atoms with Gasteiger partial charge in [-0.15, -0.1) is 12.4 Å². The van der Waals surface area contributed by atoms with Crippen molar-refractivity contribution < 1.29 is 17.9 Å². The van der Waals surface area contributed by atoms with Gasteiger partial charge in [0.15, 0.2) is 6.61 Å². The summed E-state index contributed by atoms with van der Waals surface area (Å²) in [4.78, 5) is 20.0. The van der Waals surface area contributed by atoms with Crippen LogP contribution in [0.3, 0.4) is 0 Å². The van der Waals surface area contributed by atoms with Crippen molar-refractivity contribution >= 4 is 44.9 Å². The number of halogens is 1. The molecule has 0 unspecified atom stereocenters. The summed E-state index contributed by atoms with van der Waals surface area (Å²) in [6.45, 7) is 3.02. The Morgan fingerprint density at radius 3 is 2.49 bits per heavy atom. The van der Waals surface area contributed by atoms with Crippen molar-refractivity contribution in [3.8, 4) is 5.75 Å². The second-order valence-electron chi connectivity index (χ2n) is 8.46. The highest BCUT2D eigenvalue weighted by Gasteiger charge is 2.23. The van der Waals surface area contributed by atoms with E-state index in [1.807, 2.05) is 48.7 Å². The Kier molecular flexibility index (Phi) is 9.01. The number of nitrogens with two attached hydrogens (primary N) is 2. The van der Waals surface area contributed by atoms with Gasteiger partial charge >= 0.3 is 0 Å². The number of hydrogen-bond acceptors (Lipinski definition) is 6. The Morgan fingerprint density at radius 1 is 1.03 bits per heavy atom. The molecular formula is C24H32ClN5O4S. The Morgan fingerprint density at radius 2 is 1.77 bits per heavy atom. The lowest BCUT2D eigenvalue weighted by Crippen LogP contribution is -2.50. The maximum Gasteiger partial charge on any atom is 0.260 e. The van der Waals surface area contributed by atoms with Gasteiger partial charge in [0.05, 0.1) is 5.75 Å². The molecule has 35 heavy (non-hydrogen) atoms. The van der Waals surface area contributed by atoms with Crippen LogP contribution in [-0.4, -0.2) is 69.3 Å². The molecule has 0 radical (unpaired) electrons. The van der Waals surface area contributed by atoms with Crippen LogP contribution in [0.1, 0.15) is 11.1 Å². The number of aromatic amines is 1. The SMILES string of the molecule is Cl.NCCc1c[nH]c2ccc(OCC(=O)N3CCN(c4ccccc4CCS(N)(=O)=O)CC3)cc12. The summed E-state index contributed by atoms with van der Waals surface area (Å²) >= 11 is 0. The zero-order chi connectivity index (χ0) is 24.1. The van der Waals surface area contributed by atoms with E-state index in [2.05, 4.69) is 9.88 Å². The van der Waals surface area contributed by atoms with Crippen LogP contribution in [0.5, 0.6) is 5.75 Å². The number of aromatic nitrogens is 1. The third-order valence-electron chi connectivity index (χ3n) is 6.14. The van der Waals surface area contributed by atoms with Gasteiger partial charge in [-0.05, 0) is 54.8 Å². The third-order valence-corrected chi connectivity index (χ3v) is 6.91. The van der Waals surface area contributed by atoms with Crippen LogP contribution >= 0.6 is 12.4 Å². The molecule has 5 N–H and O–H groups in total. The number of aryl methyl sites for hydroxylation is 1. The number of piperazine rings is 1. The maximum absolute atomic E-state index is 12.8. The van der Waals surface area contributed by atoms with Gasteiger partial charge in [0.25, 0.3) is 5.91 Å². The summed E-state index contributed by atoms with van der Waals surface area (Å²) in [6.07, 6.45) is 3.09. The number of para-hydroxylation sites is 1. The number of amides is 1. The van der Waals surface area contributed by atoms with Crippen LogP contribution in [0.4, 0.5) is 5.69 Å². The average Bonchev–Trinajstić information content (AvgIpc) is 3.23. The van der Waals surface area contributed by atoms with E-state index in [1.165, 1.54) is 0 Å². The van der Waals surface area contributed by atoms with Crippen molar-refractivity contribution in [3.05, 3.63) is 59.8 Å². The molecule has 0 atom stereocenters. The van der Waals surface area contributed by atoms with E-state index in [1.54, 1.807) is 4.90 Å². The van der Waals surface area contributed by atoms with Crippen molar-refractivity contribution in [1.82, 2.24) is 9.88 Å². The van der Waals surface area contributed by atoms with E-state index < -0.39 is 10.0 Å². The van der Waals surface area contributed by atoms with Gasteiger partial charge < -0.3 is 25.3 Å². The minimum Gasteiger partial charge on any atom is -0.484 e. The fourth-order valence-electron chi connectivity index (χ4n) is 4.33.